The molecule has 1 rings (SSSR count). The van der Waals surface area contributed by atoms with Crippen LogP contribution < -0.4 is 0 Å². The van der Waals surface area contributed by atoms with Gasteiger partial charge < -0.3 is 0 Å². The second-order valence-electron chi connectivity index (χ2n) is 0.600. The average molecular weight is 157 g/mol. The van der Waals surface area contributed by atoms with Crippen molar-refractivity contribution in [1.82, 2.24) is 0 Å². The molecule has 0 aliphatic carbocycles. The van der Waals surface area contributed by atoms with E-state index in [0.717, 1.165) is 0 Å². The Morgan fingerprint density at radius 2 is 1.83 bits per heavy atom. The van der Waals surface area contributed by atoms with Gasteiger partial charge in [0.25, 0.3) is 6.79 Å². The van der Waals surface area contributed by atoms with Crippen molar-refractivity contribution in [3.05, 3.63) is 0 Å². The van der Waals surface area contributed by atoms with Gasteiger partial charge >= 0.3 is 8.25 Å². The molecule has 1 fully saturated rings. The molecular weight excluding hydrogens is 155 g/mol. The van der Waals surface area contributed by atoms with Gasteiger partial charge in [-0.05, 0) is 0 Å². The van der Waals surface area contributed by atoms with Crippen LogP contribution in [0.1, 0.15) is 0 Å². The molecule has 0 unspecified atom stereocenters. The topological polar surface area (TPSA) is 35.5 Å². The Balaban J connectivity index is 0.000000250. The van der Waals surface area contributed by atoms with E-state index in [1.807, 2.05) is 0 Å². The van der Waals surface area contributed by atoms with Crippen molar-refractivity contribution in [2.75, 3.05) is 6.79 Å². The molecule has 0 N–H and O–H groups in total. The van der Waals surface area contributed by atoms with Crippen molar-refractivity contribution in [3.63, 3.8) is 0 Å². The summed E-state index contributed by atoms with van der Waals surface area (Å²) in [5.74, 6) is 0. The normalized spacial score (nSPS) is 18.3. The molecule has 1 saturated heterocycles. The fourth-order valence-corrected chi connectivity index (χ4v) is 0.287. The Morgan fingerprint density at radius 3 is 1.83 bits per heavy atom. The maximum Gasteiger partial charge on any atom is 0.702 e. The third-order valence-corrected chi connectivity index (χ3v) is 0.949. The summed E-state index contributed by atoms with van der Waals surface area (Å²) in [6.07, 6.45) is 0. The minimum Gasteiger partial charge on any atom is -0.0850 e. The summed E-state index contributed by atoms with van der Waals surface area (Å²) in [6, 6.07) is 0. The third-order valence-electron chi connectivity index (χ3n) is 0.316. The molecule has 3 nitrogen and oxygen atoms in total. The molecule has 0 spiro atoms. The molecule has 0 aromatic carbocycles. The van der Waals surface area contributed by atoms with E-state index in [9.17, 15) is 4.57 Å². The molecule has 6 heavy (non-hydrogen) atoms. The second kappa shape index (κ2) is 2.67. The first kappa shape index (κ1) is 6.54. The van der Waals surface area contributed by atoms with Crippen molar-refractivity contribution in [2.45, 2.75) is 0 Å². The summed E-state index contributed by atoms with van der Waals surface area (Å²) in [6.45, 7) is 0.204. The number of hydrogen-bond donors (Lipinski definition) is 0. The molecule has 1 aliphatic rings. The van der Waals surface area contributed by atoms with Crippen molar-refractivity contribution in [1.29, 1.82) is 0 Å². The van der Waals surface area contributed by atoms with Crippen LogP contribution in [0, 0.1) is 0 Å². The SMILES string of the molecule is O=[P+]1OCO1.[Cu]. The van der Waals surface area contributed by atoms with Gasteiger partial charge in [-0.15, -0.1) is 0 Å². The van der Waals surface area contributed by atoms with Crippen molar-refractivity contribution in [3.8, 4) is 0 Å². The smallest absolute Gasteiger partial charge is 0.0850 e. The predicted octanol–water partition coefficient (Wildman–Crippen LogP) is 0.646. The minimum atomic E-state index is -1.67. The Morgan fingerprint density at radius 1 is 1.50 bits per heavy atom. The Hall–Kier alpha value is 0.539. The van der Waals surface area contributed by atoms with Gasteiger partial charge in [0.05, 0.1) is 0 Å². The zero-order valence-corrected chi connectivity index (χ0v) is 4.52. The van der Waals surface area contributed by atoms with Gasteiger partial charge in [0, 0.05) is 21.6 Å². The van der Waals surface area contributed by atoms with E-state index >= 15 is 0 Å². The Bertz CT molecular complexity index is 57.8. The molecule has 0 aromatic heterocycles. The Kier molecular flexibility index (Phi) is 2.91. The minimum absolute atomic E-state index is 0. The molecule has 0 amide bonds. The predicted molar refractivity (Wildman–Crippen MR) is 14.6 cm³/mol. The van der Waals surface area contributed by atoms with E-state index < -0.39 is 8.25 Å². The maximum absolute atomic E-state index is 9.60. The Labute approximate surface area is 46.4 Å². The molecule has 1 heterocycles. The molecule has 1 radical (unpaired) electrons. The van der Waals surface area contributed by atoms with Crippen LogP contribution >= 0.6 is 8.25 Å². The summed E-state index contributed by atoms with van der Waals surface area (Å²) in [7, 11) is -1.67. The summed E-state index contributed by atoms with van der Waals surface area (Å²) in [5, 5.41) is 0. The zero-order valence-electron chi connectivity index (χ0n) is 2.68. The fourth-order valence-electron chi connectivity index (χ4n) is 0.0957. The zero-order chi connectivity index (χ0) is 3.70. The van der Waals surface area contributed by atoms with Gasteiger partial charge in [-0.1, -0.05) is 9.05 Å². The number of hydrogen-bond acceptors (Lipinski definition) is 3. The summed E-state index contributed by atoms with van der Waals surface area (Å²) >= 11 is 0. The first-order valence-electron chi connectivity index (χ1n) is 1.13. The van der Waals surface area contributed by atoms with Gasteiger partial charge in [0.1, 0.15) is 0 Å². The number of rotatable bonds is 0. The molecule has 0 atom stereocenters. The van der Waals surface area contributed by atoms with Crippen molar-refractivity contribution < 1.29 is 30.7 Å². The molecular formula is CH2CuO3P+. The second-order valence-corrected chi connectivity index (χ2v) is 1.56. The van der Waals surface area contributed by atoms with E-state index in [4.69, 9.17) is 0 Å². The van der Waals surface area contributed by atoms with Crippen LogP contribution in [0.25, 0.3) is 0 Å². The van der Waals surface area contributed by atoms with Crippen molar-refractivity contribution in [2.24, 2.45) is 0 Å². The van der Waals surface area contributed by atoms with E-state index in [0.29, 0.717) is 0 Å². The van der Waals surface area contributed by atoms with Crippen molar-refractivity contribution >= 4 is 8.25 Å². The van der Waals surface area contributed by atoms with E-state index in [1.54, 1.807) is 0 Å². The maximum atomic E-state index is 9.60. The van der Waals surface area contributed by atoms with E-state index in [1.165, 1.54) is 0 Å². The quantitative estimate of drug-likeness (QED) is 0.382. The van der Waals surface area contributed by atoms with Gasteiger partial charge in [-0.3, -0.25) is 0 Å². The van der Waals surface area contributed by atoms with Crippen LogP contribution in [0.3, 0.4) is 0 Å². The van der Waals surface area contributed by atoms with Crippen LogP contribution in [0.15, 0.2) is 0 Å². The molecule has 39 valence electrons. The first-order valence-corrected chi connectivity index (χ1v) is 2.22. The van der Waals surface area contributed by atoms with Gasteiger partial charge in [0.15, 0.2) is 0 Å². The van der Waals surface area contributed by atoms with Crippen LogP contribution in [-0.2, 0) is 30.7 Å². The monoisotopic (exact) mass is 156 g/mol. The molecule has 0 aromatic rings. The van der Waals surface area contributed by atoms with Crippen LogP contribution in [0.5, 0.6) is 0 Å². The summed E-state index contributed by atoms with van der Waals surface area (Å²) in [5.41, 5.74) is 0. The fraction of sp³-hybridized carbons (Fsp3) is 1.00. The standard InChI is InChI=1S/CH2O3P.Cu/c2-5-3-1-4-5;/h1H2;/q+1;. The first-order chi connectivity index (χ1) is 2.39. The largest absolute Gasteiger partial charge is 0.702 e. The van der Waals surface area contributed by atoms with Gasteiger partial charge in [-0.2, -0.15) is 0 Å². The summed E-state index contributed by atoms with van der Waals surface area (Å²) in [4.78, 5) is 0. The molecule has 5 heteroatoms. The van der Waals surface area contributed by atoms with Crippen LogP contribution in [-0.4, -0.2) is 6.79 Å². The van der Waals surface area contributed by atoms with E-state index in [2.05, 4.69) is 9.05 Å². The van der Waals surface area contributed by atoms with E-state index in [-0.39, 0.29) is 23.9 Å². The molecule has 0 saturated carbocycles. The van der Waals surface area contributed by atoms with Crippen LogP contribution in [0.2, 0.25) is 0 Å². The molecule has 0 bridgehead atoms. The van der Waals surface area contributed by atoms with Gasteiger partial charge in [0.2, 0.25) is 0 Å². The third kappa shape index (κ3) is 1.33. The van der Waals surface area contributed by atoms with Crippen LogP contribution in [0.4, 0.5) is 0 Å². The average Bonchev–Trinajstić information content (AvgIpc) is 1.30. The van der Waals surface area contributed by atoms with Gasteiger partial charge in [-0.25, -0.2) is 0 Å². The summed E-state index contributed by atoms with van der Waals surface area (Å²) < 4.78 is 18.0. The molecule has 1 aliphatic heterocycles.